The molecule has 24 heteroatoms. The fourth-order valence-electron chi connectivity index (χ4n) is 4.86. The van der Waals surface area contributed by atoms with Crippen molar-refractivity contribution in [1.82, 2.24) is 30.5 Å². The number of fused-ring (bicyclic) bond motifs is 1. The number of phenolic OH excluding ortho intramolecular Hbond substituents is 2. The molecule has 0 radical (unpaired) electrons. The number of amides is 5. The molecule has 8 N–H and O–H groups in total. The number of carboxylic acid groups (broad SMARTS) is 2. The molecular weight excluding hydrogens is 751 g/mol. The number of ketones is 1. The number of nitrogen functional groups attached to an aromatic ring is 1. The van der Waals surface area contributed by atoms with Crippen molar-refractivity contribution in [3.8, 4) is 11.5 Å². The topological polar surface area (TPSA) is 295 Å². The number of phenols is 2. The second-order valence-electron chi connectivity index (χ2n) is 11.2. The van der Waals surface area contributed by atoms with Gasteiger partial charge >= 0.3 is 23.9 Å². The van der Waals surface area contributed by atoms with Gasteiger partial charge in [0, 0.05) is 11.9 Å². The van der Waals surface area contributed by atoms with E-state index in [1.54, 1.807) is 0 Å². The first kappa shape index (κ1) is 36.2. The molecule has 0 saturated carbocycles. The van der Waals surface area contributed by atoms with Crippen molar-refractivity contribution in [2.24, 2.45) is 5.16 Å². The number of hydrazine groups is 1. The number of aliphatic carboxylic acids is 2. The molecule has 1 aromatic heterocycles. The summed E-state index contributed by atoms with van der Waals surface area (Å²) in [6, 6.07) is -1.55. The molecule has 1 aromatic carbocycles. The molecule has 0 aliphatic carbocycles. The normalized spacial score (nSPS) is 21.8. The van der Waals surface area contributed by atoms with Crippen molar-refractivity contribution >= 4 is 98.6 Å². The van der Waals surface area contributed by atoms with Gasteiger partial charge in [-0.15, -0.1) is 11.3 Å². The van der Waals surface area contributed by atoms with Crippen LogP contribution in [0.25, 0.3) is 0 Å². The number of aromatic hydroxyl groups is 2. The number of benzene rings is 1. The van der Waals surface area contributed by atoms with Gasteiger partial charge in [0.25, 0.3) is 11.7 Å². The number of carbonyl (C=O) groups is 7. The maximum Gasteiger partial charge on any atom is 0.350 e. The van der Waals surface area contributed by atoms with E-state index in [1.165, 1.54) is 19.2 Å². The summed E-state index contributed by atoms with van der Waals surface area (Å²) in [6.45, 7) is 1.24. The van der Waals surface area contributed by atoms with Gasteiger partial charge in [-0.3, -0.25) is 29.5 Å². The molecule has 5 rings (SSSR count). The first-order chi connectivity index (χ1) is 23.3. The summed E-state index contributed by atoms with van der Waals surface area (Å²) in [4.78, 5) is 98.5. The van der Waals surface area contributed by atoms with Crippen LogP contribution in [0.4, 0.5) is 9.93 Å². The van der Waals surface area contributed by atoms with E-state index in [-0.39, 0.29) is 23.9 Å². The third-order valence-corrected chi connectivity index (χ3v) is 10.6. The lowest BCUT2D eigenvalue weighted by atomic mass is 10.1. The second kappa shape index (κ2) is 13.0. The van der Waals surface area contributed by atoms with Crippen LogP contribution in [0.2, 0.25) is 10.0 Å². The van der Waals surface area contributed by atoms with Crippen LogP contribution in [0.3, 0.4) is 0 Å². The predicted octanol–water partition coefficient (Wildman–Crippen LogP) is -0.140. The number of β-lactam (4-membered cyclic amide) rings is 1. The Hall–Kier alpha value is -5.06. The number of oxime groups is 1. The Balaban J connectivity index is 1.31. The SMILES string of the molecule is CC(C)(O/N=C(\C(=O)N[C@@H]1C(=O)N2C[C@@](C(=O)O)(N3CCN(NC(=O)C(=O)c4cc(Cl)c(O)c(O)c4Cl)C3=O)S[C@H]12)c1csc(N)n1)C(=O)O. The van der Waals surface area contributed by atoms with Gasteiger partial charge in [-0.1, -0.05) is 40.1 Å². The quantitative estimate of drug-likeness (QED) is 0.0390. The van der Waals surface area contributed by atoms with Crippen LogP contribution in [0.15, 0.2) is 16.6 Å². The number of thioether (sulfide) groups is 1. The van der Waals surface area contributed by atoms with Crippen molar-refractivity contribution in [1.29, 1.82) is 0 Å². The average molecular weight is 776 g/mol. The highest BCUT2D eigenvalue weighted by molar-refractivity contribution is 8.02. The number of Topliss-reactive ketones (excluding diaryl/α,β-unsaturated/α-hetero) is 1. The Kier molecular flexibility index (Phi) is 9.42. The molecule has 3 fully saturated rings. The van der Waals surface area contributed by atoms with Crippen LogP contribution < -0.4 is 16.5 Å². The van der Waals surface area contributed by atoms with Gasteiger partial charge in [0.2, 0.25) is 16.4 Å². The van der Waals surface area contributed by atoms with Crippen LogP contribution in [0, 0.1) is 0 Å². The molecule has 3 aliphatic rings. The first-order valence-electron chi connectivity index (χ1n) is 13.9. The van der Waals surface area contributed by atoms with Crippen LogP contribution in [0.1, 0.15) is 29.9 Å². The number of carboxylic acids is 2. The third-order valence-electron chi connectivity index (χ3n) is 7.62. The van der Waals surface area contributed by atoms with Crippen molar-refractivity contribution in [2.45, 2.75) is 35.7 Å². The van der Waals surface area contributed by atoms with Crippen LogP contribution >= 0.6 is 46.3 Å². The van der Waals surface area contributed by atoms with Gasteiger partial charge in [-0.25, -0.2) is 24.4 Å². The number of urea groups is 1. The summed E-state index contributed by atoms with van der Waals surface area (Å²) in [5.74, 6) is -9.22. The average Bonchev–Trinajstić information content (AvgIpc) is 3.76. The number of nitrogens with two attached hydrogens (primary N) is 1. The van der Waals surface area contributed by atoms with Crippen LogP contribution in [0.5, 0.6) is 11.5 Å². The van der Waals surface area contributed by atoms with E-state index in [9.17, 15) is 54.0 Å². The molecule has 2 aromatic rings. The number of hydrogen-bond donors (Lipinski definition) is 7. The van der Waals surface area contributed by atoms with Gasteiger partial charge in [0.1, 0.15) is 17.1 Å². The Morgan fingerprint density at radius 1 is 1.12 bits per heavy atom. The van der Waals surface area contributed by atoms with E-state index < -0.39 is 103 Å². The number of aromatic nitrogens is 1. The highest BCUT2D eigenvalue weighted by atomic mass is 35.5. The van der Waals surface area contributed by atoms with E-state index in [0.29, 0.717) is 16.8 Å². The lowest BCUT2D eigenvalue weighted by molar-refractivity contribution is -0.161. The number of nitrogens with zero attached hydrogens (tertiary/aromatic N) is 5. The fourth-order valence-corrected chi connectivity index (χ4v) is 7.47. The molecule has 3 saturated heterocycles. The maximum absolute atomic E-state index is 13.4. The van der Waals surface area contributed by atoms with Crippen molar-refractivity contribution < 1.29 is 58.8 Å². The molecule has 0 unspecified atom stereocenters. The lowest BCUT2D eigenvalue weighted by Crippen LogP contribution is -2.68. The maximum atomic E-state index is 13.4. The summed E-state index contributed by atoms with van der Waals surface area (Å²) in [5, 5.41) is 45.2. The number of thiazole rings is 1. The molecule has 266 valence electrons. The van der Waals surface area contributed by atoms with Gasteiger partial charge in [0.15, 0.2) is 22.3 Å². The van der Waals surface area contributed by atoms with Gasteiger partial charge in [0.05, 0.1) is 28.7 Å². The van der Waals surface area contributed by atoms with Crippen molar-refractivity contribution in [3.05, 3.63) is 32.7 Å². The highest BCUT2D eigenvalue weighted by Crippen LogP contribution is 2.49. The third kappa shape index (κ3) is 6.14. The van der Waals surface area contributed by atoms with E-state index in [2.05, 4.69) is 20.9 Å². The van der Waals surface area contributed by atoms with Crippen molar-refractivity contribution in [2.75, 3.05) is 25.4 Å². The van der Waals surface area contributed by atoms with Gasteiger partial charge in [-0.05, 0) is 19.9 Å². The summed E-state index contributed by atoms with van der Waals surface area (Å²) < 4.78 is 0. The predicted molar refractivity (Wildman–Crippen MR) is 172 cm³/mol. The summed E-state index contributed by atoms with van der Waals surface area (Å²) in [5.41, 5.74) is 4.65. The molecular formula is C26H24Cl2N8O12S2. The first-order valence-corrected chi connectivity index (χ1v) is 16.4. The minimum Gasteiger partial charge on any atom is -0.503 e. The number of anilines is 1. The Morgan fingerprint density at radius 2 is 1.80 bits per heavy atom. The Bertz CT molecular complexity index is 1910. The lowest BCUT2D eigenvalue weighted by Gasteiger charge is -2.41. The molecule has 0 bridgehead atoms. The second-order valence-corrected chi connectivity index (χ2v) is 14.3. The molecule has 3 aliphatic heterocycles. The van der Waals surface area contributed by atoms with E-state index in [4.69, 9.17) is 33.8 Å². The smallest absolute Gasteiger partial charge is 0.350 e. The largest absolute Gasteiger partial charge is 0.503 e. The fraction of sp³-hybridized carbons (Fsp3) is 0.346. The molecule has 50 heavy (non-hydrogen) atoms. The van der Waals surface area contributed by atoms with E-state index in [0.717, 1.165) is 27.2 Å². The van der Waals surface area contributed by atoms with E-state index >= 15 is 0 Å². The number of nitrogens with one attached hydrogen (secondary N) is 2. The minimum absolute atomic E-state index is 0.0409. The number of carbonyl (C=O) groups excluding carboxylic acids is 5. The van der Waals surface area contributed by atoms with Gasteiger partial charge < -0.3 is 41.2 Å². The zero-order chi connectivity index (χ0) is 37.0. The monoisotopic (exact) mass is 774 g/mol. The molecule has 20 nitrogen and oxygen atoms in total. The van der Waals surface area contributed by atoms with Gasteiger partial charge in [-0.2, -0.15) is 0 Å². The zero-order valence-electron chi connectivity index (χ0n) is 25.4. The number of hydrogen-bond acceptors (Lipinski definition) is 15. The summed E-state index contributed by atoms with van der Waals surface area (Å²) in [7, 11) is 0. The van der Waals surface area contributed by atoms with Crippen LogP contribution in [-0.4, -0.2) is 129 Å². The standard InChI is InChI=1S/C26H24Cl2N8O12S2/c1-25(2,21(43)44)48-33-12(10-6-49-23(29)30-10)17(40)31-13-19(42)34-7-26(22(45)46,50-20(13)34)35-3-4-36(24(35)47)32-18(41)14(37)8-5-9(27)15(38)16(39)11(8)28/h5-6,13,20,38-39H,3-4,7H2,1-2H3,(H2,29,30)(H,31,40)(H,32,41)(H,43,44)(H,45,46)/b33-12-/t13-,20-,26-/m1/s1. The number of rotatable bonds is 11. The summed E-state index contributed by atoms with van der Waals surface area (Å²) >= 11 is 13.2. The minimum atomic E-state index is -2.10. The Labute approximate surface area is 297 Å². The van der Waals surface area contributed by atoms with Crippen LogP contribution in [-0.2, 0) is 28.8 Å². The van der Waals surface area contributed by atoms with Crippen molar-refractivity contribution in [3.63, 3.8) is 0 Å². The summed E-state index contributed by atoms with van der Waals surface area (Å²) in [6.07, 6.45) is 0. The molecule has 4 heterocycles. The zero-order valence-corrected chi connectivity index (χ0v) is 28.5. The molecule has 3 atom stereocenters. The van der Waals surface area contributed by atoms with E-state index in [1.807, 2.05) is 0 Å². The Morgan fingerprint density at radius 3 is 2.40 bits per heavy atom. The molecule has 0 spiro atoms. The highest BCUT2D eigenvalue weighted by Gasteiger charge is 2.66. The molecule has 5 amide bonds. The number of halogens is 2.